The maximum absolute atomic E-state index is 11.8. The van der Waals surface area contributed by atoms with Crippen LogP contribution in [0.4, 0.5) is 4.79 Å². The Morgan fingerprint density at radius 2 is 1.88 bits per heavy atom. The molecule has 1 aliphatic carbocycles. The summed E-state index contributed by atoms with van der Waals surface area (Å²) in [7, 11) is 0. The lowest BCUT2D eigenvalue weighted by atomic mass is 10.1. The standard InChI is InChI=1S/C20H29BrN2O2/c1-13(9-14-5-7-15(21)8-6-14)23-10-16-17(11-23)18(16)12-25-19(24)22-20(2,3)4/h5-8,13,16-18H,9-12H2,1-4H3,(H,22,24)/t13-,16?,17?,18?/m1/s1. The summed E-state index contributed by atoms with van der Waals surface area (Å²) in [5.41, 5.74) is 1.14. The Hall–Kier alpha value is -1.07. The van der Waals surface area contributed by atoms with E-state index in [1.807, 2.05) is 20.8 Å². The highest BCUT2D eigenvalue weighted by Crippen LogP contribution is 2.52. The molecule has 1 saturated heterocycles. The zero-order valence-electron chi connectivity index (χ0n) is 15.6. The van der Waals surface area contributed by atoms with E-state index >= 15 is 0 Å². The molecule has 138 valence electrons. The second kappa shape index (κ2) is 7.28. The Morgan fingerprint density at radius 3 is 2.44 bits per heavy atom. The molecule has 0 spiro atoms. The van der Waals surface area contributed by atoms with Crippen molar-refractivity contribution < 1.29 is 9.53 Å². The van der Waals surface area contributed by atoms with Crippen LogP contribution in [0, 0.1) is 17.8 Å². The van der Waals surface area contributed by atoms with Gasteiger partial charge in [-0.05, 0) is 63.6 Å². The fourth-order valence-electron chi connectivity index (χ4n) is 3.89. The molecule has 5 heteroatoms. The van der Waals surface area contributed by atoms with Gasteiger partial charge in [0.1, 0.15) is 0 Å². The summed E-state index contributed by atoms with van der Waals surface area (Å²) in [6, 6.07) is 9.17. The summed E-state index contributed by atoms with van der Waals surface area (Å²) in [6.45, 7) is 11.0. The molecule has 1 heterocycles. The number of fused-ring (bicyclic) bond motifs is 1. The summed E-state index contributed by atoms with van der Waals surface area (Å²) in [6.07, 6.45) is 0.792. The normalized spacial score (nSPS) is 26.8. The smallest absolute Gasteiger partial charge is 0.407 e. The van der Waals surface area contributed by atoms with E-state index in [2.05, 4.69) is 57.3 Å². The highest BCUT2D eigenvalue weighted by molar-refractivity contribution is 9.10. The van der Waals surface area contributed by atoms with E-state index in [4.69, 9.17) is 4.74 Å². The van der Waals surface area contributed by atoms with Crippen LogP contribution in [0.15, 0.2) is 28.7 Å². The van der Waals surface area contributed by atoms with Crippen LogP contribution in [-0.4, -0.2) is 42.3 Å². The summed E-state index contributed by atoms with van der Waals surface area (Å²) >= 11 is 3.49. The van der Waals surface area contributed by atoms with E-state index < -0.39 is 0 Å². The number of piperidine rings is 1. The largest absolute Gasteiger partial charge is 0.449 e. The van der Waals surface area contributed by atoms with Gasteiger partial charge in [-0.15, -0.1) is 0 Å². The van der Waals surface area contributed by atoms with Crippen molar-refractivity contribution in [3.05, 3.63) is 34.3 Å². The van der Waals surface area contributed by atoms with Crippen LogP contribution in [0.3, 0.4) is 0 Å². The lowest BCUT2D eigenvalue weighted by Crippen LogP contribution is -2.41. The fraction of sp³-hybridized carbons (Fsp3) is 0.650. The first-order valence-corrected chi connectivity index (χ1v) is 9.95. The number of rotatable bonds is 5. The second-order valence-electron chi connectivity index (χ2n) is 8.60. The monoisotopic (exact) mass is 408 g/mol. The number of carbonyl (C=O) groups excluding carboxylic acids is 1. The van der Waals surface area contributed by atoms with Crippen molar-refractivity contribution in [2.75, 3.05) is 19.7 Å². The Bertz CT molecular complexity index is 599. The van der Waals surface area contributed by atoms with Gasteiger partial charge < -0.3 is 10.1 Å². The number of alkyl carbamates (subject to hydrolysis) is 1. The van der Waals surface area contributed by atoms with Crippen LogP contribution >= 0.6 is 15.9 Å². The number of halogens is 1. The van der Waals surface area contributed by atoms with Crippen molar-refractivity contribution in [1.82, 2.24) is 10.2 Å². The summed E-state index contributed by atoms with van der Waals surface area (Å²) < 4.78 is 6.54. The van der Waals surface area contributed by atoms with Crippen LogP contribution in [-0.2, 0) is 11.2 Å². The molecule has 0 radical (unpaired) electrons. The molecule has 1 saturated carbocycles. The minimum atomic E-state index is -0.294. The predicted molar refractivity (Wildman–Crippen MR) is 104 cm³/mol. The van der Waals surface area contributed by atoms with Crippen LogP contribution < -0.4 is 5.32 Å². The fourth-order valence-corrected chi connectivity index (χ4v) is 4.16. The summed E-state index contributed by atoms with van der Waals surface area (Å²) in [5.74, 6) is 1.96. The lowest BCUT2D eigenvalue weighted by molar-refractivity contribution is 0.121. The quantitative estimate of drug-likeness (QED) is 0.797. The molecule has 0 aromatic heterocycles. The molecule has 1 amide bonds. The number of likely N-dealkylation sites (tertiary alicyclic amines) is 1. The van der Waals surface area contributed by atoms with Gasteiger partial charge in [0.2, 0.25) is 0 Å². The molecular formula is C20H29BrN2O2. The molecule has 25 heavy (non-hydrogen) atoms. The van der Waals surface area contributed by atoms with Gasteiger partial charge in [0.25, 0.3) is 0 Å². The second-order valence-corrected chi connectivity index (χ2v) is 9.51. The van der Waals surface area contributed by atoms with Gasteiger partial charge in [0.15, 0.2) is 0 Å². The van der Waals surface area contributed by atoms with Crippen LogP contribution in [0.25, 0.3) is 0 Å². The van der Waals surface area contributed by atoms with Crippen LogP contribution in [0.2, 0.25) is 0 Å². The highest BCUT2D eigenvalue weighted by Gasteiger charge is 2.56. The van der Waals surface area contributed by atoms with Crippen molar-refractivity contribution >= 4 is 22.0 Å². The topological polar surface area (TPSA) is 41.6 Å². The van der Waals surface area contributed by atoms with Crippen molar-refractivity contribution in [2.24, 2.45) is 17.8 Å². The predicted octanol–water partition coefficient (Wildman–Crippen LogP) is 4.08. The molecule has 1 N–H and O–H groups in total. The Morgan fingerprint density at radius 1 is 1.28 bits per heavy atom. The third-order valence-electron chi connectivity index (χ3n) is 5.35. The maximum atomic E-state index is 11.8. The van der Waals surface area contributed by atoms with E-state index in [-0.39, 0.29) is 11.6 Å². The van der Waals surface area contributed by atoms with Crippen LogP contribution in [0.1, 0.15) is 33.3 Å². The van der Waals surface area contributed by atoms with Gasteiger partial charge >= 0.3 is 6.09 Å². The van der Waals surface area contributed by atoms with E-state index in [0.29, 0.717) is 30.4 Å². The number of ether oxygens (including phenoxy) is 1. The molecule has 3 atom stereocenters. The number of hydrogen-bond acceptors (Lipinski definition) is 3. The minimum Gasteiger partial charge on any atom is -0.449 e. The van der Waals surface area contributed by atoms with E-state index in [1.165, 1.54) is 5.56 Å². The average molecular weight is 409 g/mol. The molecule has 2 unspecified atom stereocenters. The zero-order valence-corrected chi connectivity index (χ0v) is 17.2. The first-order valence-electron chi connectivity index (χ1n) is 9.16. The van der Waals surface area contributed by atoms with Gasteiger partial charge in [-0.2, -0.15) is 0 Å². The third kappa shape index (κ3) is 4.98. The molecule has 4 nitrogen and oxygen atoms in total. The molecule has 1 aromatic rings. The number of carbonyl (C=O) groups is 1. The van der Waals surface area contributed by atoms with Gasteiger partial charge in [-0.25, -0.2) is 4.79 Å². The van der Waals surface area contributed by atoms with Crippen molar-refractivity contribution in [3.8, 4) is 0 Å². The first kappa shape index (κ1) is 18.7. The van der Waals surface area contributed by atoms with E-state index in [9.17, 15) is 4.79 Å². The van der Waals surface area contributed by atoms with Crippen LogP contribution in [0.5, 0.6) is 0 Å². The van der Waals surface area contributed by atoms with Gasteiger partial charge in [0.05, 0.1) is 6.61 Å². The molecule has 2 fully saturated rings. The molecule has 1 aromatic carbocycles. The SMILES string of the molecule is C[C@H](Cc1ccc(Br)cc1)N1CC2C(COC(=O)NC(C)(C)C)C2C1. The minimum absolute atomic E-state index is 0.240. The summed E-state index contributed by atoms with van der Waals surface area (Å²) in [5, 5.41) is 2.85. The number of amides is 1. The Kier molecular flexibility index (Phi) is 5.45. The maximum Gasteiger partial charge on any atom is 0.407 e. The van der Waals surface area contributed by atoms with E-state index in [1.54, 1.807) is 0 Å². The molecular weight excluding hydrogens is 380 g/mol. The van der Waals surface area contributed by atoms with Crippen molar-refractivity contribution in [1.29, 1.82) is 0 Å². The number of hydrogen-bond donors (Lipinski definition) is 1. The highest BCUT2D eigenvalue weighted by atomic mass is 79.9. The Balaban J connectivity index is 1.39. The third-order valence-corrected chi connectivity index (χ3v) is 5.88. The summed E-state index contributed by atoms with van der Waals surface area (Å²) in [4.78, 5) is 14.3. The lowest BCUT2D eigenvalue weighted by Gasteiger charge is -2.27. The van der Waals surface area contributed by atoms with Gasteiger partial charge in [-0.1, -0.05) is 28.1 Å². The molecule has 1 aliphatic heterocycles. The molecule has 3 rings (SSSR count). The molecule has 0 bridgehead atoms. The number of nitrogens with zero attached hydrogens (tertiary/aromatic N) is 1. The van der Waals surface area contributed by atoms with E-state index in [0.717, 1.165) is 24.0 Å². The number of benzene rings is 1. The number of nitrogens with one attached hydrogen (secondary N) is 1. The van der Waals surface area contributed by atoms with Crippen molar-refractivity contribution in [3.63, 3.8) is 0 Å². The Labute approximate surface area is 159 Å². The molecule has 2 aliphatic rings. The first-order chi connectivity index (χ1) is 11.7. The van der Waals surface area contributed by atoms with Crippen molar-refractivity contribution in [2.45, 2.75) is 45.7 Å². The van der Waals surface area contributed by atoms with Gasteiger partial charge in [0, 0.05) is 35.1 Å². The average Bonchev–Trinajstić information content (AvgIpc) is 2.96. The van der Waals surface area contributed by atoms with Gasteiger partial charge in [-0.3, -0.25) is 4.90 Å². The zero-order chi connectivity index (χ0) is 18.2.